The van der Waals surface area contributed by atoms with Gasteiger partial charge in [0.25, 0.3) is 5.91 Å². The number of hydrazone groups is 1. The second-order valence-corrected chi connectivity index (χ2v) is 3.12. The van der Waals surface area contributed by atoms with Gasteiger partial charge in [-0.2, -0.15) is 5.10 Å². The lowest BCUT2D eigenvalue weighted by atomic mass is 10.2. The lowest BCUT2D eigenvalue weighted by molar-refractivity contribution is -0.142. The van der Waals surface area contributed by atoms with Crippen LogP contribution in [0.3, 0.4) is 0 Å². The molecule has 0 atom stereocenters. The molecule has 0 unspecified atom stereocenters. The van der Waals surface area contributed by atoms with E-state index >= 15 is 0 Å². The molecule has 0 aliphatic carbocycles. The third-order valence-corrected chi connectivity index (χ3v) is 1.85. The summed E-state index contributed by atoms with van der Waals surface area (Å²) in [5, 5.41) is 6.03. The Balaban J connectivity index is 2.35. The molecular formula is C9H13N3O4. The highest BCUT2D eigenvalue weighted by Crippen LogP contribution is 2.01. The molecule has 0 bridgehead atoms. The van der Waals surface area contributed by atoms with Crippen molar-refractivity contribution in [2.45, 2.75) is 19.8 Å². The number of likely N-dealkylation sites (N-methyl/N-ethyl adjacent to an activating group) is 1. The highest BCUT2D eigenvalue weighted by Gasteiger charge is 2.20. The van der Waals surface area contributed by atoms with Gasteiger partial charge in [-0.1, -0.05) is 0 Å². The lowest BCUT2D eigenvalue weighted by Crippen LogP contribution is -2.33. The predicted octanol–water partition coefficient (Wildman–Crippen LogP) is -1.07. The van der Waals surface area contributed by atoms with Gasteiger partial charge in [-0.05, 0) is 6.92 Å². The topological polar surface area (TPSA) is 96.9 Å². The molecule has 0 spiro atoms. The minimum Gasteiger partial charge on any atom is -0.451 e. The summed E-state index contributed by atoms with van der Waals surface area (Å²) in [5.41, 5.74) is 2.30. The molecule has 0 aromatic carbocycles. The van der Waals surface area contributed by atoms with E-state index in [1.54, 1.807) is 6.92 Å². The van der Waals surface area contributed by atoms with Crippen LogP contribution in [0, 0.1) is 0 Å². The lowest BCUT2D eigenvalue weighted by Gasteiger charge is -2.10. The molecule has 16 heavy (non-hydrogen) atoms. The van der Waals surface area contributed by atoms with Gasteiger partial charge >= 0.3 is 5.97 Å². The van der Waals surface area contributed by atoms with Crippen molar-refractivity contribution < 1.29 is 19.1 Å². The molecule has 1 heterocycles. The first-order chi connectivity index (χ1) is 7.63. The number of nitrogens with one attached hydrogen (secondary N) is 2. The molecule has 0 saturated carbocycles. The third kappa shape index (κ3) is 3.68. The summed E-state index contributed by atoms with van der Waals surface area (Å²) in [4.78, 5) is 33.1. The molecule has 1 rings (SSSR count). The zero-order valence-electron chi connectivity index (χ0n) is 8.91. The molecule has 2 amide bonds. The van der Waals surface area contributed by atoms with Crippen molar-refractivity contribution in [3.8, 4) is 0 Å². The van der Waals surface area contributed by atoms with Crippen LogP contribution in [0.5, 0.6) is 0 Å². The van der Waals surface area contributed by atoms with Gasteiger partial charge in [0.05, 0.1) is 0 Å². The SMILES string of the molecule is CCNC(=O)COC(=O)C1=NNC(=O)CC1. The van der Waals surface area contributed by atoms with E-state index in [4.69, 9.17) is 4.74 Å². The van der Waals surface area contributed by atoms with Crippen molar-refractivity contribution in [3.63, 3.8) is 0 Å². The van der Waals surface area contributed by atoms with Gasteiger partial charge in [-0.15, -0.1) is 0 Å². The van der Waals surface area contributed by atoms with E-state index in [1.807, 2.05) is 0 Å². The van der Waals surface area contributed by atoms with Crippen molar-refractivity contribution >= 4 is 23.5 Å². The van der Waals surface area contributed by atoms with Crippen LogP contribution in [0.15, 0.2) is 5.10 Å². The van der Waals surface area contributed by atoms with Gasteiger partial charge < -0.3 is 10.1 Å². The second-order valence-electron chi connectivity index (χ2n) is 3.12. The van der Waals surface area contributed by atoms with E-state index in [-0.39, 0.29) is 37.0 Å². The summed E-state index contributed by atoms with van der Waals surface area (Å²) in [6.45, 7) is 1.91. The van der Waals surface area contributed by atoms with Crippen molar-refractivity contribution in [3.05, 3.63) is 0 Å². The number of amides is 2. The maximum atomic E-state index is 11.3. The molecular weight excluding hydrogens is 214 g/mol. The van der Waals surface area contributed by atoms with Gasteiger partial charge in [-0.25, -0.2) is 10.2 Å². The quantitative estimate of drug-likeness (QED) is 0.598. The summed E-state index contributed by atoms with van der Waals surface area (Å²) >= 11 is 0. The summed E-state index contributed by atoms with van der Waals surface area (Å²) in [6.07, 6.45) is 0.440. The molecule has 7 heteroatoms. The zero-order chi connectivity index (χ0) is 12.0. The summed E-state index contributed by atoms with van der Waals surface area (Å²) in [7, 11) is 0. The van der Waals surface area contributed by atoms with Crippen molar-refractivity contribution in [2.75, 3.05) is 13.2 Å². The molecule has 0 fully saturated rings. The van der Waals surface area contributed by atoms with E-state index in [1.165, 1.54) is 0 Å². The van der Waals surface area contributed by atoms with Crippen LogP contribution < -0.4 is 10.7 Å². The molecule has 0 radical (unpaired) electrons. The van der Waals surface area contributed by atoms with Crippen LogP contribution >= 0.6 is 0 Å². The van der Waals surface area contributed by atoms with Crippen LogP contribution in [0.25, 0.3) is 0 Å². The Kier molecular flexibility index (Phi) is 4.43. The highest BCUT2D eigenvalue weighted by atomic mass is 16.5. The van der Waals surface area contributed by atoms with Crippen molar-refractivity contribution in [2.24, 2.45) is 5.10 Å². The van der Waals surface area contributed by atoms with Gasteiger partial charge in [0.1, 0.15) is 5.71 Å². The van der Waals surface area contributed by atoms with E-state index in [0.29, 0.717) is 6.54 Å². The van der Waals surface area contributed by atoms with Crippen LogP contribution in [-0.2, 0) is 19.1 Å². The normalized spacial score (nSPS) is 14.8. The Bertz CT molecular complexity index is 338. The minimum absolute atomic E-state index is 0.129. The smallest absolute Gasteiger partial charge is 0.355 e. The number of hydrogen-bond acceptors (Lipinski definition) is 5. The van der Waals surface area contributed by atoms with Crippen LogP contribution in [0.4, 0.5) is 0 Å². The van der Waals surface area contributed by atoms with Crippen LogP contribution in [-0.4, -0.2) is 36.6 Å². The fraction of sp³-hybridized carbons (Fsp3) is 0.556. The molecule has 1 aliphatic rings. The number of esters is 1. The standard InChI is InChI=1S/C9H13N3O4/c1-2-10-8(14)5-16-9(15)6-3-4-7(13)12-11-6/h2-5H2,1H3,(H,10,14)(H,12,13). The van der Waals surface area contributed by atoms with E-state index in [0.717, 1.165) is 0 Å². The molecule has 1 aliphatic heterocycles. The first-order valence-corrected chi connectivity index (χ1v) is 4.92. The van der Waals surface area contributed by atoms with E-state index in [9.17, 15) is 14.4 Å². The molecule has 0 aromatic rings. The van der Waals surface area contributed by atoms with Crippen molar-refractivity contribution in [1.82, 2.24) is 10.7 Å². The van der Waals surface area contributed by atoms with Crippen molar-refractivity contribution in [1.29, 1.82) is 0 Å². The maximum Gasteiger partial charge on any atom is 0.355 e. The number of ether oxygens (including phenoxy) is 1. The first kappa shape index (κ1) is 12.2. The number of carbonyl (C=O) groups excluding carboxylic acids is 3. The summed E-state index contributed by atoms with van der Waals surface area (Å²) in [5.74, 6) is -1.28. The molecule has 0 aromatic heterocycles. The largest absolute Gasteiger partial charge is 0.451 e. The fourth-order valence-electron chi connectivity index (χ4n) is 1.08. The molecule has 2 N–H and O–H groups in total. The van der Waals surface area contributed by atoms with Gasteiger partial charge in [-0.3, -0.25) is 9.59 Å². The first-order valence-electron chi connectivity index (χ1n) is 4.92. The van der Waals surface area contributed by atoms with Crippen LogP contribution in [0.2, 0.25) is 0 Å². The summed E-state index contributed by atoms with van der Waals surface area (Å²) in [6, 6.07) is 0. The Morgan fingerprint density at radius 1 is 1.50 bits per heavy atom. The fourth-order valence-corrected chi connectivity index (χ4v) is 1.08. The number of rotatable bonds is 4. The Morgan fingerprint density at radius 3 is 2.81 bits per heavy atom. The zero-order valence-corrected chi connectivity index (χ0v) is 8.91. The monoisotopic (exact) mass is 227 g/mol. The Labute approximate surface area is 92.2 Å². The average molecular weight is 227 g/mol. The van der Waals surface area contributed by atoms with Gasteiger partial charge in [0, 0.05) is 19.4 Å². The average Bonchev–Trinajstić information content (AvgIpc) is 2.27. The third-order valence-electron chi connectivity index (χ3n) is 1.85. The number of carbonyl (C=O) groups is 3. The number of nitrogens with zero attached hydrogens (tertiary/aromatic N) is 1. The van der Waals surface area contributed by atoms with Gasteiger partial charge in [0.2, 0.25) is 5.91 Å². The maximum absolute atomic E-state index is 11.3. The van der Waals surface area contributed by atoms with E-state index < -0.39 is 5.97 Å². The number of hydrogen-bond donors (Lipinski definition) is 2. The van der Waals surface area contributed by atoms with E-state index in [2.05, 4.69) is 15.8 Å². The molecule has 88 valence electrons. The van der Waals surface area contributed by atoms with Gasteiger partial charge in [0.15, 0.2) is 6.61 Å². The van der Waals surface area contributed by atoms with Crippen LogP contribution in [0.1, 0.15) is 19.8 Å². The predicted molar refractivity (Wildman–Crippen MR) is 54.5 cm³/mol. The second kappa shape index (κ2) is 5.84. The molecule has 0 saturated heterocycles. The molecule has 7 nitrogen and oxygen atoms in total. The minimum atomic E-state index is -0.675. The summed E-state index contributed by atoms with van der Waals surface area (Å²) < 4.78 is 4.70. The Hall–Kier alpha value is -1.92. The Morgan fingerprint density at radius 2 is 2.25 bits per heavy atom. The highest BCUT2D eigenvalue weighted by molar-refractivity contribution is 6.37.